The van der Waals surface area contributed by atoms with E-state index in [1.165, 1.54) is 10.4 Å². The summed E-state index contributed by atoms with van der Waals surface area (Å²) in [5, 5.41) is 6.61. The van der Waals surface area contributed by atoms with Crippen molar-refractivity contribution in [2.75, 3.05) is 13.2 Å². The number of nitrogens with one attached hydrogen (secondary N) is 1. The third-order valence-electron chi connectivity index (χ3n) is 8.38. The number of ether oxygens (including phenoxy) is 1. The minimum atomic E-state index is -3.64. The Hall–Kier alpha value is -3.08. The number of halogens is 1. The van der Waals surface area contributed by atoms with E-state index in [1.54, 1.807) is 23.0 Å². The third-order valence-corrected chi connectivity index (χ3v) is 10.8. The van der Waals surface area contributed by atoms with Crippen LogP contribution in [-0.2, 0) is 51.5 Å². The second-order valence-electron chi connectivity index (χ2n) is 11.0. The summed E-state index contributed by atoms with van der Waals surface area (Å²) in [6.07, 6.45) is 6.14. The summed E-state index contributed by atoms with van der Waals surface area (Å²) in [5.41, 5.74) is 1.81. The van der Waals surface area contributed by atoms with Gasteiger partial charge in [0.2, 0.25) is 15.9 Å². The van der Waals surface area contributed by atoms with E-state index in [1.807, 2.05) is 50.5 Å². The van der Waals surface area contributed by atoms with E-state index in [0.717, 1.165) is 17.5 Å². The number of sulfonamides is 1. The van der Waals surface area contributed by atoms with Crippen molar-refractivity contribution in [2.24, 2.45) is 7.05 Å². The molecule has 2 aliphatic heterocycles. The van der Waals surface area contributed by atoms with E-state index in [0.29, 0.717) is 56.6 Å². The Morgan fingerprint density at radius 3 is 2.55 bits per heavy atom. The molecule has 0 saturated carbocycles. The van der Waals surface area contributed by atoms with Gasteiger partial charge in [-0.2, -0.15) is 9.40 Å². The zero-order chi connectivity index (χ0) is 28.3. The molecule has 2 aromatic carbocycles. The molecule has 10 heteroatoms. The Morgan fingerprint density at radius 1 is 1.12 bits per heavy atom. The van der Waals surface area contributed by atoms with Crippen molar-refractivity contribution < 1.29 is 22.3 Å². The van der Waals surface area contributed by atoms with Crippen molar-refractivity contribution in [1.82, 2.24) is 19.4 Å². The van der Waals surface area contributed by atoms with Crippen LogP contribution in [0, 0.1) is 5.82 Å². The van der Waals surface area contributed by atoms with Crippen molar-refractivity contribution in [3.63, 3.8) is 0 Å². The van der Waals surface area contributed by atoms with Gasteiger partial charge < -0.3 is 10.1 Å². The summed E-state index contributed by atoms with van der Waals surface area (Å²) in [6.45, 7) is 2.97. The summed E-state index contributed by atoms with van der Waals surface area (Å²) in [4.78, 5) is 13.5. The third kappa shape index (κ3) is 5.84. The molecule has 40 heavy (non-hydrogen) atoms. The average Bonchev–Trinajstić information content (AvgIpc) is 3.38. The lowest BCUT2D eigenvalue weighted by atomic mass is 9.73. The normalized spacial score (nSPS) is 22.6. The van der Waals surface area contributed by atoms with Crippen molar-refractivity contribution >= 4 is 15.9 Å². The van der Waals surface area contributed by atoms with Crippen LogP contribution in [0.15, 0.2) is 60.9 Å². The molecule has 1 amide bonds. The number of carbonyl (C=O) groups is 1. The van der Waals surface area contributed by atoms with E-state index >= 15 is 4.39 Å². The van der Waals surface area contributed by atoms with Gasteiger partial charge >= 0.3 is 0 Å². The molecule has 1 N–H and O–H groups in total. The molecule has 1 unspecified atom stereocenters. The number of hydrogen-bond donors (Lipinski definition) is 1. The van der Waals surface area contributed by atoms with E-state index in [2.05, 4.69) is 10.4 Å². The van der Waals surface area contributed by atoms with Crippen LogP contribution in [0.4, 0.5) is 4.39 Å². The van der Waals surface area contributed by atoms with Crippen molar-refractivity contribution in [2.45, 2.75) is 68.8 Å². The predicted molar refractivity (Wildman–Crippen MR) is 150 cm³/mol. The number of hydrogen-bond acceptors (Lipinski definition) is 5. The van der Waals surface area contributed by atoms with Gasteiger partial charge in [-0.15, -0.1) is 0 Å². The Balaban J connectivity index is 1.35. The standard InChI is InChI=1S/C30H37FN4O4S/c1-22-8-11-27(16-23-6-4-3-5-7-23)40(37,38)35(22)21-25-9-10-26(17-28(25)31)30(12-14-39-15-13-30)29(36)32-18-24-19-33-34(2)20-24/h3-7,9-10,17,19-20,22,27H,8,11-16,18,21H2,1-2H3,(H,32,36)/t22?,27-/m0/s1. The molecule has 2 fully saturated rings. The van der Waals surface area contributed by atoms with Gasteiger partial charge in [-0.3, -0.25) is 9.48 Å². The summed E-state index contributed by atoms with van der Waals surface area (Å²) < 4.78 is 51.6. The van der Waals surface area contributed by atoms with Crippen LogP contribution in [0.5, 0.6) is 0 Å². The Morgan fingerprint density at radius 2 is 1.88 bits per heavy atom. The Kier molecular flexibility index (Phi) is 8.39. The van der Waals surface area contributed by atoms with E-state index in [9.17, 15) is 13.2 Å². The highest BCUT2D eigenvalue weighted by Gasteiger charge is 2.43. The molecule has 8 nitrogen and oxygen atoms in total. The monoisotopic (exact) mass is 568 g/mol. The minimum Gasteiger partial charge on any atom is -0.381 e. The highest BCUT2D eigenvalue weighted by atomic mass is 32.2. The summed E-state index contributed by atoms with van der Waals surface area (Å²) in [7, 11) is -1.82. The van der Waals surface area contributed by atoms with Gasteiger partial charge in [0.1, 0.15) is 5.82 Å². The number of rotatable bonds is 8. The number of aryl methyl sites for hydroxylation is 1. The molecule has 0 bridgehead atoms. The van der Waals surface area contributed by atoms with Crippen LogP contribution in [-0.4, -0.2) is 52.9 Å². The molecule has 1 aromatic heterocycles. The predicted octanol–water partition coefficient (Wildman–Crippen LogP) is 3.85. The first kappa shape index (κ1) is 28.4. The molecule has 3 aromatic rings. The van der Waals surface area contributed by atoms with Crippen LogP contribution < -0.4 is 5.32 Å². The summed E-state index contributed by atoms with van der Waals surface area (Å²) >= 11 is 0. The van der Waals surface area contributed by atoms with Crippen LogP contribution in [0.3, 0.4) is 0 Å². The first-order chi connectivity index (χ1) is 19.2. The number of nitrogens with zero attached hydrogens (tertiary/aromatic N) is 3. The fourth-order valence-corrected chi connectivity index (χ4v) is 8.06. The molecule has 2 aliphatic rings. The van der Waals surface area contributed by atoms with Gasteiger partial charge in [0, 0.05) is 56.7 Å². The first-order valence-corrected chi connectivity index (χ1v) is 15.4. The highest BCUT2D eigenvalue weighted by molar-refractivity contribution is 7.89. The largest absolute Gasteiger partial charge is 0.381 e. The van der Waals surface area contributed by atoms with Gasteiger partial charge in [0.25, 0.3) is 0 Å². The lowest BCUT2D eigenvalue weighted by Gasteiger charge is -2.38. The van der Waals surface area contributed by atoms with Gasteiger partial charge in [0.15, 0.2) is 0 Å². The molecule has 0 spiro atoms. The lowest BCUT2D eigenvalue weighted by Crippen LogP contribution is -2.49. The topological polar surface area (TPSA) is 93.5 Å². The van der Waals surface area contributed by atoms with Crippen LogP contribution in [0.25, 0.3) is 0 Å². The molecule has 214 valence electrons. The van der Waals surface area contributed by atoms with E-state index < -0.39 is 26.5 Å². The smallest absolute Gasteiger partial charge is 0.231 e. The van der Waals surface area contributed by atoms with Crippen LogP contribution in [0.2, 0.25) is 0 Å². The molecule has 3 heterocycles. The molecule has 5 rings (SSSR count). The van der Waals surface area contributed by atoms with Gasteiger partial charge in [-0.05, 0) is 56.2 Å². The van der Waals surface area contributed by atoms with Gasteiger partial charge in [-0.1, -0.05) is 42.5 Å². The minimum absolute atomic E-state index is 0.0375. The molecule has 0 radical (unpaired) electrons. The summed E-state index contributed by atoms with van der Waals surface area (Å²) in [5.74, 6) is -0.682. The van der Waals surface area contributed by atoms with Gasteiger partial charge in [-0.25, -0.2) is 12.8 Å². The zero-order valence-electron chi connectivity index (χ0n) is 23.1. The maximum atomic E-state index is 15.7. The van der Waals surface area contributed by atoms with Crippen molar-refractivity contribution in [3.05, 3.63) is 89.0 Å². The van der Waals surface area contributed by atoms with Crippen molar-refractivity contribution in [1.29, 1.82) is 0 Å². The fourth-order valence-electron chi connectivity index (χ4n) is 5.91. The van der Waals surface area contributed by atoms with Gasteiger partial charge in [0.05, 0.1) is 16.9 Å². The van der Waals surface area contributed by atoms with Crippen LogP contribution in [0.1, 0.15) is 54.9 Å². The maximum absolute atomic E-state index is 15.7. The van der Waals surface area contributed by atoms with Crippen LogP contribution >= 0.6 is 0 Å². The molecular formula is C30H37FN4O4S. The molecular weight excluding hydrogens is 531 g/mol. The highest BCUT2D eigenvalue weighted by Crippen LogP contribution is 2.37. The average molecular weight is 569 g/mol. The number of aromatic nitrogens is 2. The lowest BCUT2D eigenvalue weighted by molar-refractivity contribution is -0.130. The number of benzene rings is 2. The zero-order valence-corrected chi connectivity index (χ0v) is 23.9. The SMILES string of the molecule is CC1CC[C@@H](Cc2ccccc2)S(=O)(=O)N1Cc1ccc(C2(C(=O)NCc3cnn(C)c3)CCOCC2)cc1F. The molecule has 2 saturated heterocycles. The van der Waals surface area contributed by atoms with E-state index in [4.69, 9.17) is 4.74 Å². The maximum Gasteiger partial charge on any atom is 0.231 e. The first-order valence-electron chi connectivity index (χ1n) is 13.9. The fraction of sp³-hybridized carbons (Fsp3) is 0.467. The Labute approximate surface area is 235 Å². The van der Waals surface area contributed by atoms with Crippen molar-refractivity contribution in [3.8, 4) is 0 Å². The number of carbonyl (C=O) groups excluding carboxylic acids is 1. The van der Waals surface area contributed by atoms with E-state index in [-0.39, 0.29) is 18.5 Å². The number of amides is 1. The Bertz CT molecular complexity index is 1440. The molecule has 2 atom stereocenters. The molecule has 0 aliphatic carbocycles. The second-order valence-corrected chi connectivity index (χ2v) is 13.2. The summed E-state index contributed by atoms with van der Waals surface area (Å²) in [6, 6.07) is 14.2. The second kappa shape index (κ2) is 11.8. The quantitative estimate of drug-likeness (QED) is 0.446.